The Kier molecular flexibility index (Phi) is 28.9. The van der Waals surface area contributed by atoms with Crippen molar-refractivity contribution in [2.45, 2.75) is 94.8 Å². The molecule has 26 N–H and O–H groups in total. The van der Waals surface area contributed by atoms with Crippen molar-refractivity contribution in [3.8, 4) is 0 Å². The molecule has 0 aliphatic carbocycles. The predicted octanol–water partition coefficient (Wildman–Crippen LogP) is -8.24. The van der Waals surface area contributed by atoms with Crippen LogP contribution in [0, 0.1) is 21.6 Å². The van der Waals surface area contributed by atoms with E-state index >= 15 is 0 Å². The van der Waals surface area contributed by atoms with Gasteiger partial charge in [0, 0.05) is 39.6 Å². The summed E-state index contributed by atoms with van der Waals surface area (Å²) in [5.74, 6) is -7.73. The molecule has 0 saturated carbocycles. The number of guanidine groups is 4. The molecule has 1 unspecified atom stereocenters. The summed E-state index contributed by atoms with van der Waals surface area (Å²) in [5.41, 5.74) is 26.7. The Labute approximate surface area is 476 Å². The van der Waals surface area contributed by atoms with E-state index in [1.165, 1.54) is 27.4 Å². The van der Waals surface area contributed by atoms with Gasteiger partial charge in [0.2, 0.25) is 53.2 Å². The number of carbonyl (C=O) groups is 8. The number of hydrogen-bond donors (Lipinski definition) is 21. The van der Waals surface area contributed by atoms with Crippen molar-refractivity contribution in [1.82, 2.24) is 87.6 Å². The Morgan fingerprint density at radius 1 is 0.687 bits per heavy atom. The minimum Gasteiger partial charge on any atom is -0.370 e. The summed E-state index contributed by atoms with van der Waals surface area (Å²) >= 11 is 0. The first-order valence-electron chi connectivity index (χ1n) is 26.0. The van der Waals surface area contributed by atoms with Crippen LogP contribution in [-0.4, -0.2) is 210 Å². The number of hydrogen-bond acceptors (Lipinski definition) is 19. The number of carbonyl (C=O) groups excluding carboxylic acids is 8. The summed E-state index contributed by atoms with van der Waals surface area (Å²) in [6, 6.07) is -5.04. The average Bonchev–Trinajstić information content (AvgIpc) is 4.13. The standard InChI is InChI=1S/C44H79N26O12P/c1-23(71)62-28(11-7-15-57-43(51)52)38(78)65-27(10-6-14-56-42(49)50)37(77)59-17-30(73)63-25(8-4-12-54-40(45)46)35(75)58-16-29(72)64-26(9-5-13-55-41(47)48)36(76)60-18-31(74)69-19-24(21-81-83(80)68(2)3)82-32(20-69)70-22-61-33-34(70)66-44(53)67-39(33)79/h22,24-28,32,83H,4-21H2,1-3H3,(H,58,75)(H,59,77)(H,60,76)(H,62,71)(H,63,73)(H,64,72)(H,65,78)(H4,45,46,54)(H4,47,48,55)(H4,49,50,56)(H4,51,52,57)(H3,53,66,67,79)/t24-,25-,26-,27-,28-,32+/m0/s1. The Balaban J connectivity index is 1.72. The van der Waals surface area contributed by atoms with E-state index in [1.807, 2.05) is 0 Å². The van der Waals surface area contributed by atoms with Gasteiger partial charge in [0.25, 0.3) is 13.7 Å². The first-order chi connectivity index (χ1) is 39.2. The molecule has 39 heteroatoms. The van der Waals surface area contributed by atoms with Crippen LogP contribution in [0.3, 0.4) is 0 Å². The van der Waals surface area contributed by atoms with Crippen LogP contribution >= 0.6 is 8.18 Å². The van der Waals surface area contributed by atoms with Gasteiger partial charge in [-0.2, -0.15) is 4.98 Å². The van der Waals surface area contributed by atoms with E-state index in [1.54, 1.807) is 14.1 Å². The molecule has 0 bridgehead atoms. The number of nitrogen functional groups attached to an aromatic ring is 1. The Hall–Kier alpha value is -8.90. The van der Waals surface area contributed by atoms with Crippen molar-refractivity contribution >= 4 is 96.4 Å². The van der Waals surface area contributed by atoms with Gasteiger partial charge in [-0.1, -0.05) is 0 Å². The molecule has 0 spiro atoms. The highest BCUT2D eigenvalue weighted by molar-refractivity contribution is 7.36. The molecular formula is C44H79N26O12P. The number of amides is 8. The largest absolute Gasteiger partial charge is 0.370 e. The molecule has 2 aromatic heterocycles. The lowest BCUT2D eigenvalue weighted by molar-refractivity contribution is -0.157. The fourth-order valence-electron chi connectivity index (χ4n) is 7.89. The molecule has 0 aromatic carbocycles. The molecular weight excluding hydrogens is 1120 g/mol. The maximum atomic E-state index is 13.9. The molecule has 7 atom stereocenters. The quantitative estimate of drug-likeness (QED) is 0.0132. The van der Waals surface area contributed by atoms with Crippen LogP contribution in [0.15, 0.2) is 11.1 Å². The third-order valence-corrected chi connectivity index (χ3v) is 13.0. The van der Waals surface area contributed by atoms with Crippen LogP contribution in [0.2, 0.25) is 0 Å². The number of rotatable bonds is 35. The number of aromatic amines is 1. The molecule has 2 aromatic rings. The predicted molar refractivity (Wildman–Crippen MR) is 301 cm³/mol. The number of nitrogens with zero attached hydrogens (tertiary/aromatic N) is 5. The van der Waals surface area contributed by atoms with Crippen LogP contribution in [0.4, 0.5) is 5.95 Å². The normalized spacial score (nSPS) is 15.6. The lowest BCUT2D eigenvalue weighted by Crippen LogP contribution is -2.56. The molecule has 38 nitrogen and oxygen atoms in total. The molecule has 1 fully saturated rings. The lowest BCUT2D eigenvalue weighted by atomic mass is 10.1. The second kappa shape index (κ2) is 35.1. The SMILES string of the molecule is CC(=O)N[C@@H](CCCNC(=N)N)C(=O)N[C@@H](CCCNC(=N)N)C(=O)NCC(=O)N[C@@H](CCCNC(=N)N)C(=O)NCC(=O)N[C@@H](CCCNC(=N)N)C(=O)NCC(=O)N1C[C@@H](CO[PH](=O)N(C)C)O[C@@H](n2cnc3c(=O)[nH]c(N)nc32)C1. The van der Waals surface area contributed by atoms with E-state index in [0.717, 1.165) is 0 Å². The number of anilines is 1. The van der Waals surface area contributed by atoms with Gasteiger partial charge in [-0.05, 0) is 65.5 Å². The van der Waals surface area contributed by atoms with Gasteiger partial charge in [-0.25, -0.2) is 9.65 Å². The molecule has 1 aliphatic rings. The van der Waals surface area contributed by atoms with Gasteiger partial charge in [0.1, 0.15) is 30.3 Å². The molecule has 8 amide bonds. The number of aromatic nitrogens is 4. The molecule has 3 heterocycles. The molecule has 83 heavy (non-hydrogen) atoms. The fourth-order valence-corrected chi connectivity index (χ4v) is 8.48. The molecule has 1 saturated heterocycles. The van der Waals surface area contributed by atoms with Gasteiger partial charge in [0.05, 0.1) is 39.1 Å². The van der Waals surface area contributed by atoms with Crippen LogP contribution in [0.1, 0.15) is 64.5 Å². The molecule has 1 aliphatic heterocycles. The first-order valence-corrected chi connectivity index (χ1v) is 27.3. The zero-order valence-corrected chi connectivity index (χ0v) is 47.3. The van der Waals surface area contributed by atoms with E-state index in [2.05, 4.69) is 73.4 Å². The molecule has 462 valence electrons. The van der Waals surface area contributed by atoms with Crippen LogP contribution in [0.25, 0.3) is 11.2 Å². The number of fused-ring (bicyclic) bond motifs is 1. The second-order valence-electron chi connectivity index (χ2n) is 18.9. The number of ether oxygens (including phenoxy) is 1. The van der Waals surface area contributed by atoms with E-state index in [-0.39, 0.29) is 132 Å². The van der Waals surface area contributed by atoms with Gasteiger partial charge >= 0.3 is 0 Å². The summed E-state index contributed by atoms with van der Waals surface area (Å²) in [6.07, 6.45) is 0.126. The number of morpholine rings is 1. The lowest BCUT2D eigenvalue weighted by Gasteiger charge is -2.38. The third kappa shape index (κ3) is 25.6. The highest BCUT2D eigenvalue weighted by Gasteiger charge is 2.35. The maximum absolute atomic E-state index is 13.9. The van der Waals surface area contributed by atoms with Crippen molar-refractivity contribution in [2.24, 2.45) is 22.9 Å². The molecule has 3 rings (SSSR count). The highest BCUT2D eigenvalue weighted by atomic mass is 31.1. The Morgan fingerprint density at radius 3 is 1.55 bits per heavy atom. The monoisotopic (exact) mass is 1190 g/mol. The average molecular weight is 1200 g/mol. The minimum absolute atomic E-state index is 0.0221. The summed E-state index contributed by atoms with van der Waals surface area (Å²) in [6.45, 7) is -0.783. The Morgan fingerprint density at radius 2 is 1.12 bits per heavy atom. The molecule has 0 radical (unpaired) electrons. The summed E-state index contributed by atoms with van der Waals surface area (Å²) in [7, 11) is 0.434. The summed E-state index contributed by atoms with van der Waals surface area (Å²) in [5, 5.41) is 57.5. The van der Waals surface area contributed by atoms with E-state index < -0.39 is 117 Å². The smallest absolute Gasteiger partial charge is 0.280 e. The van der Waals surface area contributed by atoms with Gasteiger partial charge in [-0.15, -0.1) is 0 Å². The number of nitrogens with one attached hydrogen (secondary N) is 16. The van der Waals surface area contributed by atoms with Crippen molar-refractivity contribution in [2.75, 3.05) is 85.3 Å². The topological polar surface area (TPSA) is 600 Å². The van der Waals surface area contributed by atoms with E-state index in [4.69, 9.17) is 59.6 Å². The number of H-pyrrole nitrogens is 1. The van der Waals surface area contributed by atoms with E-state index in [9.17, 15) is 47.7 Å². The van der Waals surface area contributed by atoms with Crippen LogP contribution < -0.4 is 92.7 Å². The van der Waals surface area contributed by atoms with Crippen LogP contribution in [-0.2, 0) is 52.2 Å². The van der Waals surface area contributed by atoms with Crippen molar-refractivity contribution in [3.05, 3.63) is 16.7 Å². The van der Waals surface area contributed by atoms with Gasteiger partial charge < -0.3 is 101 Å². The maximum Gasteiger partial charge on any atom is 0.280 e. The van der Waals surface area contributed by atoms with Crippen molar-refractivity contribution < 1.29 is 52.2 Å². The van der Waals surface area contributed by atoms with Crippen molar-refractivity contribution in [3.63, 3.8) is 0 Å². The van der Waals surface area contributed by atoms with Gasteiger partial charge in [-0.3, -0.25) is 78.9 Å². The highest BCUT2D eigenvalue weighted by Crippen LogP contribution is 2.28. The zero-order chi connectivity index (χ0) is 61.8. The minimum atomic E-state index is -2.67. The first kappa shape index (κ1) is 68.4. The fraction of sp³-hybridized carbons (Fsp3) is 0.614. The van der Waals surface area contributed by atoms with E-state index in [0.29, 0.717) is 6.42 Å². The zero-order valence-electron chi connectivity index (χ0n) is 46.3. The van der Waals surface area contributed by atoms with Crippen molar-refractivity contribution in [1.29, 1.82) is 21.6 Å². The third-order valence-electron chi connectivity index (χ3n) is 11.9. The summed E-state index contributed by atoms with van der Waals surface area (Å²) in [4.78, 5) is 132. The van der Waals surface area contributed by atoms with Crippen LogP contribution in [0.5, 0.6) is 0 Å². The Bertz CT molecular complexity index is 2710. The second-order valence-corrected chi connectivity index (χ2v) is 20.6. The number of imidazole rings is 1. The summed E-state index contributed by atoms with van der Waals surface area (Å²) < 4.78 is 27.0. The van der Waals surface area contributed by atoms with Gasteiger partial charge in [0.15, 0.2) is 41.2 Å². The number of nitrogens with two attached hydrogens (primary N) is 5.